The molecule has 4 rings (SSSR count). The second-order valence-electron chi connectivity index (χ2n) is 13.9. The quantitative estimate of drug-likeness (QED) is 0.106. The molecular weight excluding hydrogens is 873 g/mol. The first-order valence-electron chi connectivity index (χ1n) is 18.1. The van der Waals surface area contributed by atoms with Gasteiger partial charge in [-0.2, -0.15) is 0 Å². The highest BCUT2D eigenvalue weighted by atomic mass is 32.2. The van der Waals surface area contributed by atoms with Gasteiger partial charge in [-0.15, -0.1) is 0 Å². The molecule has 0 saturated heterocycles. The summed E-state index contributed by atoms with van der Waals surface area (Å²) in [6, 6.07) is 10.8. The fraction of sp³-hybridized carbons (Fsp3) is 0.444. The minimum atomic E-state index is -3.42. The molecule has 4 N–H and O–H groups in total. The highest BCUT2D eigenvalue weighted by Gasteiger charge is 2.27. The van der Waals surface area contributed by atoms with Crippen LogP contribution in [0.5, 0.6) is 11.5 Å². The third-order valence-electron chi connectivity index (χ3n) is 8.14. The van der Waals surface area contributed by atoms with Gasteiger partial charge in [-0.05, 0) is 99.9 Å². The number of anilines is 2. The third-order valence-corrected chi connectivity index (χ3v) is 10.9. The monoisotopic (exact) mass is 920 g/mol. The molecule has 0 spiro atoms. The van der Waals surface area contributed by atoms with Crippen molar-refractivity contribution in [2.45, 2.75) is 75.7 Å². The van der Waals surface area contributed by atoms with Crippen molar-refractivity contribution in [1.82, 2.24) is 9.44 Å². The minimum absolute atomic E-state index is 0.144. The first kappa shape index (κ1) is 49.5. The fourth-order valence-electron chi connectivity index (χ4n) is 5.79. The van der Waals surface area contributed by atoms with Crippen molar-refractivity contribution in [3.63, 3.8) is 0 Å². The van der Waals surface area contributed by atoms with Crippen LogP contribution < -0.4 is 28.4 Å². The summed E-state index contributed by atoms with van der Waals surface area (Å²) in [5, 5.41) is 0. The van der Waals surface area contributed by atoms with E-state index in [1.54, 1.807) is 0 Å². The second kappa shape index (κ2) is 22.1. The number of nitrogens with one attached hydrogen (secondary N) is 4. The molecule has 0 aliphatic heterocycles. The van der Waals surface area contributed by atoms with E-state index in [0.717, 1.165) is 49.3 Å². The summed E-state index contributed by atoms with van der Waals surface area (Å²) in [6.45, 7) is 0. The number of rotatable bonds is 16. The Balaban J connectivity index is 0.000000320. The Bertz CT molecular complexity index is 2150. The molecule has 0 atom stereocenters. The molecule has 2 aliphatic carbocycles. The molecule has 2 aliphatic rings. The molecule has 2 fully saturated rings. The maximum atomic E-state index is 11.9. The van der Waals surface area contributed by atoms with E-state index < -0.39 is 64.0 Å². The number of carbonyl (C=O) groups excluding carboxylic acids is 4. The molecular formula is C36H48N4O16S4. The van der Waals surface area contributed by atoms with Crippen LogP contribution >= 0.6 is 0 Å². The van der Waals surface area contributed by atoms with Crippen molar-refractivity contribution in [2.75, 3.05) is 34.5 Å². The lowest BCUT2D eigenvalue weighted by Gasteiger charge is -2.28. The minimum Gasteiger partial charge on any atom is -0.459 e. The molecule has 60 heavy (non-hydrogen) atoms. The molecule has 2 aromatic rings. The highest BCUT2D eigenvalue weighted by molar-refractivity contribution is 7.92. The van der Waals surface area contributed by atoms with Gasteiger partial charge < -0.3 is 18.9 Å². The van der Waals surface area contributed by atoms with Crippen LogP contribution in [0.4, 0.5) is 11.4 Å². The van der Waals surface area contributed by atoms with Crippen molar-refractivity contribution < 1.29 is 71.8 Å². The number of benzene rings is 2. The van der Waals surface area contributed by atoms with E-state index in [-0.39, 0.29) is 35.8 Å². The number of sulfonamides is 4. The number of carbonyl (C=O) groups is 4. The van der Waals surface area contributed by atoms with Gasteiger partial charge in [0.25, 0.3) is 0 Å². The lowest BCUT2D eigenvalue weighted by molar-refractivity contribution is -0.147. The Kier molecular flexibility index (Phi) is 18.2. The molecule has 2 saturated carbocycles. The van der Waals surface area contributed by atoms with Gasteiger partial charge in [0.2, 0.25) is 40.1 Å². The smallest absolute Gasteiger partial charge is 0.336 e. The van der Waals surface area contributed by atoms with Crippen LogP contribution in [0.25, 0.3) is 0 Å². The Morgan fingerprint density at radius 2 is 0.733 bits per heavy atom. The van der Waals surface area contributed by atoms with Gasteiger partial charge in [-0.3, -0.25) is 9.44 Å². The summed E-state index contributed by atoms with van der Waals surface area (Å²) in [5.74, 6) is -2.69. The third kappa shape index (κ3) is 21.9. The van der Waals surface area contributed by atoms with E-state index >= 15 is 0 Å². The number of hydrogen-bond donors (Lipinski definition) is 4. The van der Waals surface area contributed by atoms with Gasteiger partial charge in [0.1, 0.15) is 23.7 Å². The van der Waals surface area contributed by atoms with Gasteiger partial charge in [-0.1, -0.05) is 0 Å². The first-order chi connectivity index (χ1) is 27.8. The maximum Gasteiger partial charge on any atom is 0.336 e. The van der Waals surface area contributed by atoms with Gasteiger partial charge in [0.15, 0.2) is 0 Å². The van der Waals surface area contributed by atoms with E-state index in [0.29, 0.717) is 62.7 Å². The van der Waals surface area contributed by atoms with Crippen LogP contribution in [-0.2, 0) is 68.7 Å². The molecule has 0 radical (unpaired) electrons. The van der Waals surface area contributed by atoms with Gasteiger partial charge in [0, 0.05) is 47.8 Å². The Hall–Kier alpha value is -4.88. The lowest BCUT2D eigenvalue weighted by Crippen LogP contribution is -2.38. The molecule has 332 valence electrons. The van der Waals surface area contributed by atoms with Gasteiger partial charge in [0.05, 0.1) is 25.0 Å². The van der Waals surface area contributed by atoms with E-state index in [1.807, 2.05) is 0 Å². The standard InChI is InChI=1S/C18H30N2O8S2.C18H18N2O8S2/c2*1-29(23,24)19-13-3-7-15(8-4-13)27-17(21)11-12-18(22)28-16-9-5-14(6-10-16)20-30(2,25)26/h11-16,19-20H,3-10H2,1-2H3;3-12,19-20H,1-2H3/b2*12-11+. The molecule has 0 aromatic heterocycles. The average molecular weight is 921 g/mol. The predicted octanol–water partition coefficient (Wildman–Crippen LogP) is 1.85. The summed E-state index contributed by atoms with van der Waals surface area (Å²) in [6.07, 6.45) is 11.9. The fourth-order valence-corrected chi connectivity index (χ4v) is 8.60. The molecule has 0 bridgehead atoms. The molecule has 0 heterocycles. The van der Waals surface area contributed by atoms with Crippen LogP contribution in [0, 0.1) is 0 Å². The zero-order valence-electron chi connectivity index (χ0n) is 33.1. The lowest BCUT2D eigenvalue weighted by atomic mass is 9.94. The maximum absolute atomic E-state index is 11.9. The van der Waals surface area contributed by atoms with Gasteiger partial charge >= 0.3 is 23.9 Å². The molecule has 20 nitrogen and oxygen atoms in total. The van der Waals surface area contributed by atoms with E-state index in [9.17, 15) is 52.8 Å². The van der Waals surface area contributed by atoms with Crippen molar-refractivity contribution >= 4 is 75.3 Å². The highest BCUT2D eigenvalue weighted by Crippen LogP contribution is 2.24. The van der Waals surface area contributed by atoms with E-state index in [2.05, 4.69) is 18.9 Å². The molecule has 24 heteroatoms. The van der Waals surface area contributed by atoms with Gasteiger partial charge in [-0.25, -0.2) is 62.3 Å². The number of hydrogen-bond acceptors (Lipinski definition) is 16. The zero-order chi connectivity index (χ0) is 44.7. The number of esters is 4. The Morgan fingerprint density at radius 1 is 0.450 bits per heavy atom. The number of ether oxygens (including phenoxy) is 4. The average Bonchev–Trinajstić information content (AvgIpc) is 3.11. The van der Waals surface area contributed by atoms with Crippen LogP contribution in [0.2, 0.25) is 0 Å². The normalized spacial score (nSPS) is 19.9. The Morgan fingerprint density at radius 3 is 1.00 bits per heavy atom. The summed E-state index contributed by atoms with van der Waals surface area (Å²) < 4.78 is 120. The van der Waals surface area contributed by atoms with Crippen molar-refractivity contribution in [1.29, 1.82) is 0 Å². The van der Waals surface area contributed by atoms with E-state index in [4.69, 9.17) is 18.9 Å². The van der Waals surface area contributed by atoms with E-state index in [1.165, 1.54) is 48.5 Å². The van der Waals surface area contributed by atoms with Crippen LogP contribution in [0.1, 0.15) is 51.4 Å². The predicted molar refractivity (Wildman–Crippen MR) is 220 cm³/mol. The SMILES string of the molecule is CS(=O)(=O)NC1CCC(OC(=O)/C=C/C(=O)OC2CCC(NS(C)(=O)=O)CC2)CC1.CS(=O)(=O)Nc1ccc(OC(=O)/C=C/C(=O)Oc2ccc(NS(C)(=O)=O)cc2)cc1. The molecule has 0 unspecified atom stereocenters. The Labute approximate surface area is 349 Å². The summed E-state index contributed by atoms with van der Waals surface area (Å²) >= 11 is 0. The summed E-state index contributed by atoms with van der Waals surface area (Å²) in [5.41, 5.74) is 0.600. The topological polar surface area (TPSA) is 290 Å². The summed E-state index contributed by atoms with van der Waals surface area (Å²) in [4.78, 5) is 47.3. The van der Waals surface area contributed by atoms with Crippen molar-refractivity contribution in [3.05, 3.63) is 72.8 Å². The zero-order valence-corrected chi connectivity index (χ0v) is 36.3. The molecule has 0 amide bonds. The molecule has 2 aromatic carbocycles. The van der Waals surface area contributed by atoms with Crippen LogP contribution in [0.15, 0.2) is 72.8 Å². The largest absolute Gasteiger partial charge is 0.459 e. The summed E-state index contributed by atoms with van der Waals surface area (Å²) in [7, 11) is -13.3. The van der Waals surface area contributed by atoms with Crippen LogP contribution in [-0.4, -0.2) is 107 Å². The first-order valence-corrected chi connectivity index (χ1v) is 25.7. The van der Waals surface area contributed by atoms with Crippen LogP contribution in [0.3, 0.4) is 0 Å². The second-order valence-corrected chi connectivity index (χ2v) is 21.0. The van der Waals surface area contributed by atoms with Crippen molar-refractivity contribution in [3.8, 4) is 11.5 Å². The van der Waals surface area contributed by atoms with Crippen molar-refractivity contribution in [2.24, 2.45) is 0 Å².